The van der Waals surface area contributed by atoms with E-state index in [4.69, 9.17) is 19.3 Å². The van der Waals surface area contributed by atoms with Crippen LogP contribution in [0.2, 0.25) is 0 Å². The number of benzene rings is 4. The van der Waals surface area contributed by atoms with Crippen molar-refractivity contribution in [1.82, 2.24) is 9.78 Å². The molecule has 0 unspecified atom stereocenters. The molecular weight excluding hydrogens is 648 g/mol. The highest BCUT2D eigenvalue weighted by Crippen LogP contribution is 2.28. The number of hydrogen-bond acceptors (Lipinski definition) is 8. The van der Waals surface area contributed by atoms with Crippen LogP contribution in [0.4, 0.5) is 11.4 Å². The van der Waals surface area contributed by atoms with Crippen molar-refractivity contribution in [2.45, 2.75) is 27.2 Å². The maximum atomic E-state index is 13.9. The summed E-state index contributed by atoms with van der Waals surface area (Å²) in [5.41, 5.74) is 3.66. The van der Waals surface area contributed by atoms with Crippen LogP contribution in [-0.4, -0.2) is 53.4 Å². The number of esters is 2. The van der Waals surface area contributed by atoms with Crippen LogP contribution in [0.25, 0.3) is 23.0 Å². The minimum atomic E-state index is -0.707. The Kier molecular flexibility index (Phi) is 12.1. The third-order valence-electron chi connectivity index (χ3n) is 7.46. The topological polar surface area (TPSA) is 138 Å². The zero-order valence-corrected chi connectivity index (χ0v) is 28.6. The molecule has 1 aromatic heterocycles. The zero-order valence-electron chi connectivity index (χ0n) is 28.6. The Balaban J connectivity index is 1.54. The van der Waals surface area contributed by atoms with E-state index in [1.165, 1.54) is 30.3 Å². The lowest BCUT2D eigenvalue weighted by atomic mass is 10.0. The van der Waals surface area contributed by atoms with E-state index in [1.807, 2.05) is 61.5 Å². The van der Waals surface area contributed by atoms with Crippen LogP contribution in [0.3, 0.4) is 0 Å². The average molecular weight is 687 g/mol. The second-order valence-electron chi connectivity index (χ2n) is 11.1. The van der Waals surface area contributed by atoms with E-state index in [1.54, 1.807) is 49.0 Å². The lowest BCUT2D eigenvalue weighted by Crippen LogP contribution is -2.25. The van der Waals surface area contributed by atoms with Crippen molar-refractivity contribution in [2.75, 3.05) is 30.5 Å². The van der Waals surface area contributed by atoms with Gasteiger partial charge in [-0.2, -0.15) is 5.10 Å². The van der Waals surface area contributed by atoms with E-state index in [0.717, 1.165) is 17.7 Å². The van der Waals surface area contributed by atoms with Gasteiger partial charge in [-0.15, -0.1) is 0 Å². The molecule has 11 heteroatoms. The molecule has 0 spiro atoms. The second-order valence-corrected chi connectivity index (χ2v) is 11.1. The first-order valence-corrected chi connectivity index (χ1v) is 16.6. The quantitative estimate of drug-likeness (QED) is 0.0536. The van der Waals surface area contributed by atoms with Crippen LogP contribution in [0.5, 0.6) is 5.75 Å². The summed E-state index contributed by atoms with van der Waals surface area (Å²) >= 11 is 0. The first kappa shape index (κ1) is 35.8. The predicted molar refractivity (Wildman–Crippen MR) is 195 cm³/mol. The molecule has 0 aliphatic carbocycles. The average Bonchev–Trinajstić information content (AvgIpc) is 3.58. The second kappa shape index (κ2) is 17.3. The molecular formula is C40H38N4O7. The number of carbonyl (C=O) groups is 4. The molecule has 0 radical (unpaired) electrons. The molecule has 0 atom stereocenters. The van der Waals surface area contributed by atoms with E-state index in [0.29, 0.717) is 46.1 Å². The Labute approximate surface area is 295 Å². The summed E-state index contributed by atoms with van der Waals surface area (Å²) in [4.78, 5) is 52.1. The van der Waals surface area contributed by atoms with Gasteiger partial charge in [0.1, 0.15) is 11.3 Å². The summed E-state index contributed by atoms with van der Waals surface area (Å²) in [6, 6.07) is 29.2. The highest BCUT2D eigenvalue weighted by Gasteiger charge is 2.22. The molecule has 51 heavy (non-hydrogen) atoms. The van der Waals surface area contributed by atoms with Crippen LogP contribution in [0, 0.1) is 0 Å². The van der Waals surface area contributed by atoms with Gasteiger partial charge >= 0.3 is 11.9 Å². The molecule has 4 aromatic carbocycles. The molecule has 5 rings (SSSR count). The lowest BCUT2D eigenvalue weighted by molar-refractivity contribution is -0.118. The Bertz CT molecular complexity index is 1920. The van der Waals surface area contributed by atoms with Gasteiger partial charge in [0.2, 0.25) is 0 Å². The van der Waals surface area contributed by atoms with E-state index >= 15 is 0 Å². The van der Waals surface area contributed by atoms with Crippen molar-refractivity contribution in [3.8, 4) is 22.7 Å². The minimum Gasteiger partial charge on any atom is -0.494 e. The molecule has 0 aliphatic heterocycles. The van der Waals surface area contributed by atoms with E-state index in [9.17, 15) is 19.2 Å². The van der Waals surface area contributed by atoms with Crippen molar-refractivity contribution >= 4 is 41.2 Å². The Morgan fingerprint density at radius 2 is 1.22 bits per heavy atom. The monoisotopic (exact) mass is 686 g/mol. The summed E-state index contributed by atoms with van der Waals surface area (Å²) in [5, 5.41) is 10.4. The fourth-order valence-electron chi connectivity index (χ4n) is 4.95. The van der Waals surface area contributed by atoms with Gasteiger partial charge in [-0.25, -0.2) is 14.3 Å². The molecule has 1 heterocycles. The Morgan fingerprint density at radius 1 is 0.686 bits per heavy atom. The Hall–Kier alpha value is -6.49. The van der Waals surface area contributed by atoms with Gasteiger partial charge in [-0.05, 0) is 111 Å². The number of hydrogen-bond donors (Lipinski definition) is 2. The van der Waals surface area contributed by atoms with Crippen LogP contribution in [-0.2, 0) is 19.1 Å². The van der Waals surface area contributed by atoms with Crippen molar-refractivity contribution in [3.63, 3.8) is 0 Å². The normalized spacial score (nSPS) is 10.5. The number of para-hydroxylation sites is 1. The number of amides is 2. The SMILES string of the molecule is CCCOc1ccc(-c2nn(-c3ccccc3)cc2C=C(C(=O)Nc2ccc(C(=O)OCC)cc2)C(=O)Nc2ccc(C(=O)OCC)cc2)cc1. The van der Waals surface area contributed by atoms with Crippen LogP contribution in [0.15, 0.2) is 115 Å². The molecule has 0 fully saturated rings. The first-order valence-electron chi connectivity index (χ1n) is 16.6. The number of aromatic nitrogens is 2. The maximum absolute atomic E-state index is 13.9. The largest absolute Gasteiger partial charge is 0.494 e. The molecule has 5 aromatic rings. The van der Waals surface area contributed by atoms with Crippen LogP contribution >= 0.6 is 0 Å². The Morgan fingerprint density at radius 3 is 1.71 bits per heavy atom. The number of carbonyl (C=O) groups excluding carboxylic acids is 4. The highest BCUT2D eigenvalue weighted by molar-refractivity contribution is 6.29. The van der Waals surface area contributed by atoms with E-state index in [-0.39, 0.29) is 18.8 Å². The van der Waals surface area contributed by atoms with Gasteiger partial charge in [0.05, 0.1) is 42.3 Å². The molecule has 2 N–H and O–H groups in total. The number of nitrogens with zero attached hydrogens (tertiary/aromatic N) is 2. The van der Waals surface area contributed by atoms with Crippen LogP contribution < -0.4 is 15.4 Å². The molecule has 260 valence electrons. The lowest BCUT2D eigenvalue weighted by Gasteiger charge is -2.11. The summed E-state index contributed by atoms with van der Waals surface area (Å²) in [6.07, 6.45) is 4.10. The van der Waals surface area contributed by atoms with Crippen molar-refractivity contribution < 1.29 is 33.4 Å². The summed E-state index contributed by atoms with van der Waals surface area (Å²) in [5.74, 6) is -1.68. The molecule has 0 saturated carbocycles. The van der Waals surface area contributed by atoms with Gasteiger partial charge in [-0.3, -0.25) is 9.59 Å². The fraction of sp³-hybridized carbons (Fsp3) is 0.175. The maximum Gasteiger partial charge on any atom is 0.338 e. The zero-order chi connectivity index (χ0) is 36.2. The predicted octanol–water partition coefficient (Wildman–Crippen LogP) is 7.34. The van der Waals surface area contributed by atoms with Crippen LogP contribution in [0.1, 0.15) is 53.5 Å². The molecule has 2 amide bonds. The molecule has 0 saturated heterocycles. The van der Waals surface area contributed by atoms with Gasteiger partial charge in [0.15, 0.2) is 0 Å². The highest BCUT2D eigenvalue weighted by atomic mass is 16.5. The summed E-state index contributed by atoms with van der Waals surface area (Å²) in [7, 11) is 0. The molecule has 11 nitrogen and oxygen atoms in total. The van der Waals surface area contributed by atoms with E-state index < -0.39 is 23.8 Å². The standard InChI is InChI=1S/C40H38N4O7/c1-4-24-51-34-22-16-27(17-23-34)36-30(26-44(43-36)33-10-8-7-9-11-33)25-35(37(45)41-31-18-12-28(13-19-31)39(47)49-5-2)38(46)42-32-20-14-29(15-21-32)40(48)50-6-3/h7-23,25-26H,4-6,24H2,1-3H3,(H,41,45)(H,42,46). The fourth-order valence-corrected chi connectivity index (χ4v) is 4.95. The number of anilines is 2. The van der Waals surface area contributed by atoms with Gasteiger partial charge in [0, 0.05) is 28.7 Å². The van der Waals surface area contributed by atoms with Gasteiger partial charge in [0.25, 0.3) is 11.8 Å². The summed E-state index contributed by atoms with van der Waals surface area (Å²) in [6.45, 7) is 6.50. The first-order chi connectivity index (χ1) is 24.8. The summed E-state index contributed by atoms with van der Waals surface area (Å²) < 4.78 is 17.5. The van der Waals surface area contributed by atoms with E-state index in [2.05, 4.69) is 10.6 Å². The number of nitrogens with one attached hydrogen (secondary N) is 2. The minimum absolute atomic E-state index is 0.226. The smallest absolute Gasteiger partial charge is 0.338 e. The third kappa shape index (κ3) is 9.36. The molecule has 0 bridgehead atoms. The van der Waals surface area contributed by atoms with Gasteiger partial charge in [-0.1, -0.05) is 25.1 Å². The van der Waals surface area contributed by atoms with Gasteiger partial charge < -0.3 is 24.8 Å². The van der Waals surface area contributed by atoms with Crippen molar-refractivity contribution in [1.29, 1.82) is 0 Å². The van der Waals surface area contributed by atoms with Crippen molar-refractivity contribution in [3.05, 3.63) is 132 Å². The third-order valence-corrected chi connectivity index (χ3v) is 7.46. The molecule has 0 aliphatic rings. The number of ether oxygens (including phenoxy) is 3. The number of rotatable bonds is 14. The van der Waals surface area contributed by atoms with Crippen molar-refractivity contribution in [2.24, 2.45) is 0 Å².